The summed E-state index contributed by atoms with van der Waals surface area (Å²) in [4.78, 5) is 15.6. The van der Waals surface area contributed by atoms with Crippen molar-refractivity contribution in [1.82, 2.24) is 15.0 Å². The van der Waals surface area contributed by atoms with Crippen LogP contribution in [0.5, 0.6) is 11.5 Å². The average molecular weight is 670 g/mol. The molecule has 246 valence electrons. The van der Waals surface area contributed by atoms with Crippen LogP contribution in [-0.4, -0.2) is 15.0 Å². The van der Waals surface area contributed by atoms with Crippen LogP contribution in [0.15, 0.2) is 162 Å². The molecule has 11 rings (SSSR count). The maximum Gasteiger partial charge on any atom is 0.163 e. The fourth-order valence-electron chi connectivity index (χ4n) is 8.70. The first-order chi connectivity index (χ1) is 25.7. The second-order valence-corrected chi connectivity index (χ2v) is 14.0. The van der Waals surface area contributed by atoms with E-state index in [1.165, 1.54) is 22.3 Å². The molecule has 0 saturated carbocycles. The number of hydrogen-bond acceptors (Lipinski definition) is 5. The molecule has 0 bridgehead atoms. The van der Waals surface area contributed by atoms with E-state index in [9.17, 15) is 0 Å². The van der Waals surface area contributed by atoms with Gasteiger partial charge < -0.3 is 9.15 Å². The molecule has 2 unspecified atom stereocenters. The van der Waals surface area contributed by atoms with Gasteiger partial charge in [0.25, 0.3) is 0 Å². The molecule has 3 aliphatic rings. The van der Waals surface area contributed by atoms with Gasteiger partial charge in [-0.1, -0.05) is 122 Å². The van der Waals surface area contributed by atoms with E-state index in [1.54, 1.807) is 0 Å². The van der Waals surface area contributed by atoms with Gasteiger partial charge in [0, 0.05) is 38.9 Å². The first-order valence-corrected chi connectivity index (χ1v) is 17.8. The van der Waals surface area contributed by atoms with Crippen molar-refractivity contribution in [1.29, 1.82) is 0 Å². The lowest BCUT2D eigenvalue weighted by atomic mass is 9.66. The highest BCUT2D eigenvalue weighted by Crippen LogP contribution is 2.62. The largest absolute Gasteiger partial charge is 0.457 e. The second kappa shape index (κ2) is 11.0. The standard InChI is InChI=1S/C47H31N3O2/c1-28-12-2-3-13-31(28)46-49-44(48-45(50-46)30-22-24-35-34-16-6-10-20-40(34)51-43(35)27-30)29-23-25-42-39(26-29)47(38-19-9-11-21-41(38)52-42)36-17-7-4-14-32(36)33-15-5-8-18-37(33)47/h2-28,31H,1H3. The van der Waals surface area contributed by atoms with E-state index in [-0.39, 0.29) is 11.8 Å². The average Bonchev–Trinajstić information content (AvgIpc) is 3.72. The number of rotatable bonds is 3. The molecule has 0 saturated heterocycles. The molecule has 1 aliphatic heterocycles. The second-order valence-electron chi connectivity index (χ2n) is 14.0. The molecule has 1 spiro atoms. The Hall–Kier alpha value is -6.59. The van der Waals surface area contributed by atoms with E-state index in [0.29, 0.717) is 11.6 Å². The van der Waals surface area contributed by atoms with Gasteiger partial charge in [0.05, 0.1) is 5.41 Å². The summed E-state index contributed by atoms with van der Waals surface area (Å²) in [7, 11) is 0. The molecule has 0 amide bonds. The highest BCUT2D eigenvalue weighted by molar-refractivity contribution is 6.05. The molecule has 52 heavy (non-hydrogen) atoms. The zero-order valence-electron chi connectivity index (χ0n) is 28.3. The molecule has 2 atom stereocenters. The normalized spacial score (nSPS) is 17.5. The zero-order valence-corrected chi connectivity index (χ0v) is 28.3. The molecule has 8 aromatic rings. The van der Waals surface area contributed by atoms with Crippen molar-refractivity contribution in [3.63, 3.8) is 0 Å². The minimum Gasteiger partial charge on any atom is -0.457 e. The number of hydrogen-bond donors (Lipinski definition) is 0. The van der Waals surface area contributed by atoms with Crippen LogP contribution in [0.4, 0.5) is 0 Å². The molecule has 5 heteroatoms. The predicted octanol–water partition coefficient (Wildman–Crippen LogP) is 11.4. The maximum absolute atomic E-state index is 6.70. The summed E-state index contributed by atoms with van der Waals surface area (Å²) in [6, 6.07) is 46.8. The van der Waals surface area contributed by atoms with Crippen LogP contribution in [0, 0.1) is 5.92 Å². The van der Waals surface area contributed by atoms with Crippen molar-refractivity contribution in [3.05, 3.63) is 186 Å². The Morgan fingerprint density at radius 1 is 0.519 bits per heavy atom. The van der Waals surface area contributed by atoms with E-state index in [4.69, 9.17) is 24.1 Å². The Morgan fingerprint density at radius 3 is 1.92 bits per heavy atom. The topological polar surface area (TPSA) is 61.0 Å². The van der Waals surface area contributed by atoms with Crippen LogP contribution in [0.2, 0.25) is 0 Å². The molecule has 0 N–H and O–H groups in total. The molecular weight excluding hydrogens is 639 g/mol. The Labute approximate surface area is 300 Å². The Kier molecular flexibility index (Phi) is 6.14. The van der Waals surface area contributed by atoms with Crippen molar-refractivity contribution < 1.29 is 9.15 Å². The Morgan fingerprint density at radius 2 is 1.13 bits per heavy atom. The lowest BCUT2D eigenvalue weighted by Crippen LogP contribution is -2.32. The fraction of sp³-hybridized carbons (Fsp3) is 0.0851. The van der Waals surface area contributed by atoms with Gasteiger partial charge in [-0.25, -0.2) is 15.0 Å². The molecule has 3 heterocycles. The number of benzene rings is 6. The van der Waals surface area contributed by atoms with E-state index >= 15 is 0 Å². The number of ether oxygens (including phenoxy) is 1. The lowest BCUT2D eigenvalue weighted by Gasteiger charge is -2.39. The molecule has 0 radical (unpaired) electrons. The number of furan rings is 1. The van der Waals surface area contributed by atoms with Crippen LogP contribution in [0.25, 0.3) is 55.8 Å². The highest BCUT2D eigenvalue weighted by Gasteiger charge is 2.51. The van der Waals surface area contributed by atoms with Crippen LogP contribution in [0.3, 0.4) is 0 Å². The smallest absolute Gasteiger partial charge is 0.163 e. The van der Waals surface area contributed by atoms with Crippen LogP contribution in [0.1, 0.15) is 40.9 Å². The van der Waals surface area contributed by atoms with E-state index in [0.717, 1.165) is 61.5 Å². The minimum absolute atomic E-state index is 0.00759. The van der Waals surface area contributed by atoms with Gasteiger partial charge in [-0.2, -0.15) is 0 Å². The summed E-state index contributed by atoms with van der Waals surface area (Å²) in [6.45, 7) is 2.21. The lowest BCUT2D eigenvalue weighted by molar-refractivity contribution is 0.436. The van der Waals surface area contributed by atoms with Crippen molar-refractivity contribution in [2.24, 2.45) is 5.92 Å². The van der Waals surface area contributed by atoms with Crippen molar-refractivity contribution in [2.45, 2.75) is 18.3 Å². The third kappa shape index (κ3) is 4.08. The predicted molar refractivity (Wildman–Crippen MR) is 206 cm³/mol. The summed E-state index contributed by atoms with van der Waals surface area (Å²) in [5, 5.41) is 2.16. The number of fused-ring (bicyclic) bond motifs is 12. The molecule has 0 fully saturated rings. The quantitative estimate of drug-likeness (QED) is 0.187. The number of allylic oxidation sites excluding steroid dienone is 4. The number of aromatic nitrogens is 3. The van der Waals surface area contributed by atoms with Gasteiger partial charge in [0.1, 0.15) is 28.5 Å². The molecular formula is C47H31N3O2. The van der Waals surface area contributed by atoms with Crippen LogP contribution < -0.4 is 4.74 Å². The first kappa shape index (κ1) is 29.2. The minimum atomic E-state index is -0.580. The van der Waals surface area contributed by atoms with Gasteiger partial charge in [0.15, 0.2) is 11.6 Å². The summed E-state index contributed by atoms with van der Waals surface area (Å²) >= 11 is 0. The molecule has 2 aliphatic carbocycles. The maximum atomic E-state index is 6.70. The van der Waals surface area contributed by atoms with E-state index < -0.39 is 5.41 Å². The molecule has 5 nitrogen and oxygen atoms in total. The molecule has 6 aromatic carbocycles. The van der Waals surface area contributed by atoms with Gasteiger partial charge in [-0.3, -0.25) is 0 Å². The monoisotopic (exact) mass is 669 g/mol. The van der Waals surface area contributed by atoms with Crippen molar-refractivity contribution in [2.75, 3.05) is 0 Å². The zero-order chi connectivity index (χ0) is 34.4. The SMILES string of the molecule is CC1C=CC=CC1c1nc(-c2ccc3c(c2)C2(c4ccccc4O3)c3ccccc3-c3ccccc32)nc(-c2ccc3c(c2)oc2ccccc23)n1. The Balaban J connectivity index is 1.14. The summed E-state index contributed by atoms with van der Waals surface area (Å²) in [6.07, 6.45) is 8.58. The number of para-hydroxylation sites is 2. The third-order valence-corrected chi connectivity index (χ3v) is 11.1. The van der Waals surface area contributed by atoms with Gasteiger partial charge in [-0.15, -0.1) is 0 Å². The Bertz CT molecular complexity index is 2780. The third-order valence-electron chi connectivity index (χ3n) is 11.1. The summed E-state index contributed by atoms with van der Waals surface area (Å²) in [5.74, 6) is 3.91. The van der Waals surface area contributed by atoms with E-state index in [1.807, 2.05) is 24.3 Å². The van der Waals surface area contributed by atoms with Gasteiger partial charge in [-0.05, 0) is 70.6 Å². The first-order valence-electron chi connectivity index (χ1n) is 17.8. The van der Waals surface area contributed by atoms with E-state index in [2.05, 4.69) is 140 Å². The van der Waals surface area contributed by atoms with Crippen LogP contribution >= 0.6 is 0 Å². The van der Waals surface area contributed by atoms with Gasteiger partial charge >= 0.3 is 0 Å². The van der Waals surface area contributed by atoms with Crippen molar-refractivity contribution >= 4 is 21.9 Å². The summed E-state index contributed by atoms with van der Waals surface area (Å²) < 4.78 is 13.0. The summed E-state index contributed by atoms with van der Waals surface area (Å²) in [5.41, 5.74) is 10.0. The van der Waals surface area contributed by atoms with Crippen LogP contribution in [-0.2, 0) is 5.41 Å². The highest BCUT2D eigenvalue weighted by atomic mass is 16.5. The molecule has 2 aromatic heterocycles. The van der Waals surface area contributed by atoms with Crippen molar-refractivity contribution in [3.8, 4) is 45.4 Å². The number of nitrogens with zero attached hydrogens (tertiary/aromatic N) is 3. The fourth-order valence-corrected chi connectivity index (χ4v) is 8.70. The van der Waals surface area contributed by atoms with Gasteiger partial charge in [0.2, 0.25) is 0 Å².